The van der Waals surface area contributed by atoms with Crippen LogP contribution in [-0.4, -0.2) is 11.6 Å². The molecule has 2 nitrogen and oxygen atoms in total. The van der Waals surface area contributed by atoms with Gasteiger partial charge in [0, 0.05) is 5.02 Å². The first kappa shape index (κ1) is 16.3. The first-order valence-corrected chi connectivity index (χ1v) is 7.44. The molecule has 0 fully saturated rings. The zero-order valence-corrected chi connectivity index (χ0v) is 13.8. The molecule has 0 aliphatic carbocycles. The smallest absolute Gasteiger partial charge is 0.338 e. The fourth-order valence-electron chi connectivity index (χ4n) is 2.08. The highest BCUT2D eigenvalue weighted by Gasteiger charge is 2.17. The highest BCUT2D eigenvalue weighted by molar-refractivity contribution is 6.31. The van der Waals surface area contributed by atoms with Gasteiger partial charge in [-0.05, 0) is 61.7 Å². The van der Waals surface area contributed by atoms with Crippen LogP contribution in [0.15, 0.2) is 49.0 Å². The number of benzene rings is 2. The molecule has 0 aliphatic rings. The van der Waals surface area contributed by atoms with E-state index >= 15 is 0 Å². The molecule has 0 atom stereocenters. The molecule has 0 bridgehead atoms. The normalized spacial score (nSPS) is 11.1. The Labute approximate surface area is 136 Å². The minimum atomic E-state index is -0.501. The van der Waals surface area contributed by atoms with E-state index in [2.05, 4.69) is 6.58 Å². The Kier molecular flexibility index (Phi) is 4.72. The summed E-state index contributed by atoms with van der Waals surface area (Å²) >= 11 is 6.07. The number of carbonyl (C=O) groups is 1. The van der Waals surface area contributed by atoms with Crippen molar-refractivity contribution in [1.29, 1.82) is 0 Å². The lowest BCUT2D eigenvalue weighted by Gasteiger charge is -2.19. The number of esters is 1. The van der Waals surface area contributed by atoms with Crippen molar-refractivity contribution in [2.24, 2.45) is 0 Å². The third-order valence-electron chi connectivity index (χ3n) is 3.07. The summed E-state index contributed by atoms with van der Waals surface area (Å²) in [6.07, 6.45) is 1.79. The lowest BCUT2D eigenvalue weighted by molar-refractivity contribution is 0.00696. The summed E-state index contributed by atoms with van der Waals surface area (Å²) in [7, 11) is 0. The van der Waals surface area contributed by atoms with Crippen LogP contribution in [0.2, 0.25) is 5.02 Å². The topological polar surface area (TPSA) is 26.3 Å². The average molecular weight is 315 g/mol. The van der Waals surface area contributed by atoms with E-state index in [9.17, 15) is 4.79 Å². The maximum Gasteiger partial charge on any atom is 0.338 e. The van der Waals surface area contributed by atoms with E-state index in [0.29, 0.717) is 10.6 Å². The number of carbonyl (C=O) groups excluding carboxylic acids is 1. The summed E-state index contributed by atoms with van der Waals surface area (Å²) in [5.74, 6) is -0.325. The fraction of sp³-hybridized carbons (Fsp3) is 0.211. The molecular weight excluding hydrogens is 296 g/mol. The molecule has 0 N–H and O–H groups in total. The summed E-state index contributed by atoms with van der Waals surface area (Å²) in [6, 6.07) is 12.9. The zero-order valence-electron chi connectivity index (χ0n) is 13.0. The second-order valence-electron chi connectivity index (χ2n) is 6.01. The fourth-order valence-corrected chi connectivity index (χ4v) is 2.25. The highest BCUT2D eigenvalue weighted by atomic mass is 35.5. The van der Waals surface area contributed by atoms with Gasteiger partial charge in [0.2, 0.25) is 0 Å². The van der Waals surface area contributed by atoms with Crippen LogP contribution in [-0.2, 0) is 4.74 Å². The van der Waals surface area contributed by atoms with Crippen LogP contribution in [0.1, 0.15) is 36.7 Å². The van der Waals surface area contributed by atoms with E-state index in [1.165, 1.54) is 0 Å². The molecule has 22 heavy (non-hydrogen) atoms. The van der Waals surface area contributed by atoms with Crippen molar-refractivity contribution in [3.63, 3.8) is 0 Å². The van der Waals surface area contributed by atoms with Gasteiger partial charge in [0.1, 0.15) is 5.60 Å². The molecule has 0 saturated carbocycles. The Morgan fingerprint density at radius 2 is 1.77 bits per heavy atom. The Hall–Kier alpha value is -2.06. The van der Waals surface area contributed by atoms with Gasteiger partial charge in [0.25, 0.3) is 0 Å². The summed E-state index contributed by atoms with van der Waals surface area (Å²) in [6.45, 7) is 9.36. The van der Waals surface area contributed by atoms with Gasteiger partial charge in [0.05, 0.1) is 5.56 Å². The molecule has 0 spiro atoms. The van der Waals surface area contributed by atoms with Gasteiger partial charge in [-0.2, -0.15) is 0 Å². The highest BCUT2D eigenvalue weighted by Crippen LogP contribution is 2.28. The molecule has 3 heteroatoms. The maximum absolute atomic E-state index is 12.0. The zero-order chi connectivity index (χ0) is 16.3. The van der Waals surface area contributed by atoms with Gasteiger partial charge in [-0.25, -0.2) is 4.79 Å². The summed E-state index contributed by atoms with van der Waals surface area (Å²) in [5.41, 5.74) is 2.98. The van der Waals surface area contributed by atoms with Crippen LogP contribution in [0.3, 0.4) is 0 Å². The van der Waals surface area contributed by atoms with Crippen molar-refractivity contribution in [3.05, 3.63) is 65.2 Å². The standard InChI is InChI=1S/C19H19ClO2/c1-5-13-10-11-16(20)12-17(13)14-6-8-15(9-7-14)18(21)22-19(2,3)4/h5-12H,1H2,2-4H3. The van der Waals surface area contributed by atoms with Gasteiger partial charge in [-0.1, -0.05) is 42.5 Å². The van der Waals surface area contributed by atoms with E-state index in [1.54, 1.807) is 18.2 Å². The number of ether oxygens (including phenoxy) is 1. The summed E-state index contributed by atoms with van der Waals surface area (Å²) in [5, 5.41) is 0.664. The Morgan fingerprint density at radius 1 is 1.14 bits per heavy atom. The van der Waals surface area contributed by atoms with Crippen molar-refractivity contribution < 1.29 is 9.53 Å². The Morgan fingerprint density at radius 3 is 2.32 bits per heavy atom. The molecule has 0 radical (unpaired) electrons. The van der Waals surface area contributed by atoms with E-state index < -0.39 is 5.60 Å². The van der Waals surface area contributed by atoms with Crippen LogP contribution in [0.25, 0.3) is 17.2 Å². The minimum absolute atomic E-state index is 0.325. The van der Waals surface area contributed by atoms with Crippen LogP contribution in [0.5, 0.6) is 0 Å². The third kappa shape index (κ3) is 3.99. The number of rotatable bonds is 3. The van der Waals surface area contributed by atoms with Gasteiger partial charge < -0.3 is 4.74 Å². The predicted octanol–water partition coefficient (Wildman–Crippen LogP) is 5.61. The molecule has 0 amide bonds. The molecule has 0 aliphatic heterocycles. The van der Waals surface area contributed by atoms with E-state index in [4.69, 9.17) is 16.3 Å². The molecule has 2 aromatic rings. The van der Waals surface area contributed by atoms with Gasteiger partial charge in [-0.3, -0.25) is 0 Å². The molecule has 2 rings (SSSR count). The second kappa shape index (κ2) is 6.37. The van der Waals surface area contributed by atoms with Gasteiger partial charge in [0.15, 0.2) is 0 Å². The second-order valence-corrected chi connectivity index (χ2v) is 6.45. The SMILES string of the molecule is C=Cc1ccc(Cl)cc1-c1ccc(C(=O)OC(C)(C)C)cc1. The summed E-state index contributed by atoms with van der Waals surface area (Å²) in [4.78, 5) is 12.0. The predicted molar refractivity (Wildman–Crippen MR) is 92.1 cm³/mol. The third-order valence-corrected chi connectivity index (χ3v) is 3.30. The molecule has 0 unspecified atom stereocenters. The number of hydrogen-bond acceptors (Lipinski definition) is 2. The van der Waals surface area contributed by atoms with E-state index in [1.807, 2.05) is 51.1 Å². The quantitative estimate of drug-likeness (QED) is 0.689. The molecule has 2 aromatic carbocycles. The molecular formula is C19H19ClO2. The van der Waals surface area contributed by atoms with Crippen molar-refractivity contribution in [2.75, 3.05) is 0 Å². The number of halogens is 1. The van der Waals surface area contributed by atoms with Crippen molar-refractivity contribution in [1.82, 2.24) is 0 Å². The minimum Gasteiger partial charge on any atom is -0.456 e. The van der Waals surface area contributed by atoms with Crippen LogP contribution >= 0.6 is 11.6 Å². The molecule has 114 valence electrons. The molecule has 0 heterocycles. The monoisotopic (exact) mass is 314 g/mol. The van der Waals surface area contributed by atoms with Gasteiger partial charge in [-0.15, -0.1) is 0 Å². The van der Waals surface area contributed by atoms with Crippen LogP contribution < -0.4 is 0 Å². The Balaban J connectivity index is 2.32. The van der Waals surface area contributed by atoms with Gasteiger partial charge >= 0.3 is 5.97 Å². The summed E-state index contributed by atoms with van der Waals surface area (Å²) < 4.78 is 5.36. The van der Waals surface area contributed by atoms with Crippen molar-refractivity contribution in [3.8, 4) is 11.1 Å². The first-order chi connectivity index (χ1) is 10.3. The first-order valence-electron chi connectivity index (χ1n) is 7.06. The maximum atomic E-state index is 12.0. The van der Waals surface area contributed by atoms with Crippen LogP contribution in [0, 0.1) is 0 Å². The molecule has 0 saturated heterocycles. The number of hydrogen-bond donors (Lipinski definition) is 0. The lowest BCUT2D eigenvalue weighted by Crippen LogP contribution is -2.23. The van der Waals surface area contributed by atoms with E-state index in [-0.39, 0.29) is 5.97 Å². The largest absolute Gasteiger partial charge is 0.456 e. The van der Waals surface area contributed by atoms with E-state index in [0.717, 1.165) is 16.7 Å². The van der Waals surface area contributed by atoms with Crippen molar-refractivity contribution >= 4 is 23.6 Å². The average Bonchev–Trinajstić information content (AvgIpc) is 2.45. The molecule has 0 aromatic heterocycles. The lowest BCUT2D eigenvalue weighted by atomic mass is 9.98. The Bertz CT molecular complexity index is 694. The van der Waals surface area contributed by atoms with Crippen molar-refractivity contribution in [2.45, 2.75) is 26.4 Å². The van der Waals surface area contributed by atoms with Crippen LogP contribution in [0.4, 0.5) is 0 Å².